The van der Waals surface area contributed by atoms with Crippen LogP contribution in [0.3, 0.4) is 0 Å². The minimum absolute atomic E-state index is 0.436. The number of carbonyl (C=O) groups excluding carboxylic acids is 1. The molecule has 170 valence electrons. The Balaban J connectivity index is 2.11. The first-order chi connectivity index (χ1) is 15.2. The molecule has 0 saturated heterocycles. The number of ether oxygens (including phenoxy) is 1. The summed E-state index contributed by atoms with van der Waals surface area (Å²) in [5.74, 6) is 0.436. The predicted octanol–water partition coefficient (Wildman–Crippen LogP) is 5.26. The molecule has 0 fully saturated rings. The van der Waals surface area contributed by atoms with Crippen molar-refractivity contribution < 1.29 is 9.53 Å². The van der Waals surface area contributed by atoms with Gasteiger partial charge in [0.25, 0.3) is 0 Å². The average molecular weight is 436 g/mol. The lowest BCUT2D eigenvalue weighted by molar-refractivity contribution is 0.0635. The Morgan fingerprint density at radius 3 is 2.47 bits per heavy atom. The molecule has 0 aliphatic rings. The number of nitrogens with one attached hydrogen (secondary N) is 1. The summed E-state index contributed by atoms with van der Waals surface area (Å²) >= 11 is 0. The van der Waals surface area contributed by atoms with Crippen molar-refractivity contribution in [3.05, 3.63) is 47.3 Å². The van der Waals surface area contributed by atoms with Gasteiger partial charge < -0.3 is 9.30 Å². The summed E-state index contributed by atoms with van der Waals surface area (Å²) in [6.07, 6.45) is 5.22. The van der Waals surface area contributed by atoms with Gasteiger partial charge >= 0.3 is 6.09 Å². The van der Waals surface area contributed by atoms with Gasteiger partial charge in [0.1, 0.15) is 16.9 Å². The fourth-order valence-electron chi connectivity index (χ4n) is 3.80. The topological polar surface area (TPSA) is 81.4 Å². The SMILES string of the molecule is CCCc1cc(C)c(-c2cc3cnc(NC(=O)OC(C)(C)C)cc3n(CC)c2=NC)cn1. The molecule has 0 unspecified atom stereocenters. The summed E-state index contributed by atoms with van der Waals surface area (Å²) in [5.41, 5.74) is 5.58. The number of pyridine rings is 3. The molecule has 7 heteroatoms. The van der Waals surface area contributed by atoms with Crippen molar-refractivity contribution in [3.63, 3.8) is 0 Å². The minimum Gasteiger partial charge on any atom is -0.444 e. The third kappa shape index (κ3) is 5.15. The van der Waals surface area contributed by atoms with E-state index in [1.54, 1.807) is 13.2 Å². The first-order valence-electron chi connectivity index (χ1n) is 11.1. The minimum atomic E-state index is -0.577. The zero-order valence-electron chi connectivity index (χ0n) is 20.1. The summed E-state index contributed by atoms with van der Waals surface area (Å²) in [5, 5.41) is 3.69. The van der Waals surface area contributed by atoms with Gasteiger partial charge in [-0.1, -0.05) is 13.3 Å². The third-order valence-corrected chi connectivity index (χ3v) is 5.12. The normalized spacial score (nSPS) is 12.3. The van der Waals surface area contributed by atoms with Gasteiger partial charge in [-0.05, 0) is 58.7 Å². The van der Waals surface area contributed by atoms with E-state index in [4.69, 9.17) is 4.74 Å². The van der Waals surface area contributed by atoms with E-state index in [0.717, 1.165) is 46.1 Å². The Morgan fingerprint density at radius 2 is 1.88 bits per heavy atom. The average Bonchev–Trinajstić information content (AvgIpc) is 2.71. The van der Waals surface area contributed by atoms with Crippen LogP contribution >= 0.6 is 0 Å². The quantitative estimate of drug-likeness (QED) is 0.593. The van der Waals surface area contributed by atoms with E-state index >= 15 is 0 Å². The zero-order valence-corrected chi connectivity index (χ0v) is 20.1. The van der Waals surface area contributed by atoms with Crippen molar-refractivity contribution in [2.45, 2.75) is 66.5 Å². The Labute approximate surface area is 189 Å². The van der Waals surface area contributed by atoms with Crippen molar-refractivity contribution in [2.75, 3.05) is 12.4 Å². The number of hydrogen-bond acceptors (Lipinski definition) is 5. The Kier molecular flexibility index (Phi) is 6.96. The molecule has 7 nitrogen and oxygen atoms in total. The summed E-state index contributed by atoms with van der Waals surface area (Å²) in [7, 11) is 1.80. The van der Waals surface area contributed by atoms with E-state index in [1.165, 1.54) is 5.56 Å². The largest absolute Gasteiger partial charge is 0.444 e. The summed E-state index contributed by atoms with van der Waals surface area (Å²) < 4.78 is 7.48. The fourth-order valence-corrected chi connectivity index (χ4v) is 3.80. The predicted molar refractivity (Wildman–Crippen MR) is 129 cm³/mol. The first kappa shape index (κ1) is 23.4. The molecule has 32 heavy (non-hydrogen) atoms. The highest BCUT2D eigenvalue weighted by molar-refractivity contribution is 5.89. The highest BCUT2D eigenvalue weighted by Gasteiger charge is 2.17. The lowest BCUT2D eigenvalue weighted by atomic mass is 10.0. The Bertz CT molecular complexity index is 1210. The van der Waals surface area contributed by atoms with Crippen molar-refractivity contribution in [1.82, 2.24) is 14.5 Å². The zero-order chi connectivity index (χ0) is 23.5. The van der Waals surface area contributed by atoms with Crippen LogP contribution in [0.5, 0.6) is 0 Å². The van der Waals surface area contributed by atoms with Crippen LogP contribution < -0.4 is 10.8 Å². The van der Waals surface area contributed by atoms with Gasteiger partial charge in [0, 0.05) is 54.3 Å². The monoisotopic (exact) mass is 435 g/mol. The molecule has 0 aromatic carbocycles. The smallest absolute Gasteiger partial charge is 0.413 e. The van der Waals surface area contributed by atoms with E-state index in [1.807, 2.05) is 33.0 Å². The van der Waals surface area contributed by atoms with Crippen LogP contribution in [0.25, 0.3) is 22.0 Å². The molecule has 3 aromatic heterocycles. The Hall–Kier alpha value is -3.22. The summed E-state index contributed by atoms with van der Waals surface area (Å²) in [6, 6.07) is 6.11. The highest BCUT2D eigenvalue weighted by Crippen LogP contribution is 2.25. The van der Waals surface area contributed by atoms with Gasteiger partial charge in [-0.15, -0.1) is 0 Å². The van der Waals surface area contributed by atoms with E-state index in [2.05, 4.69) is 57.7 Å². The lowest BCUT2D eigenvalue weighted by Crippen LogP contribution is -2.27. The number of aromatic nitrogens is 3. The van der Waals surface area contributed by atoms with Crippen molar-refractivity contribution in [1.29, 1.82) is 0 Å². The third-order valence-electron chi connectivity index (χ3n) is 5.12. The Morgan fingerprint density at radius 1 is 1.12 bits per heavy atom. The van der Waals surface area contributed by atoms with E-state index in [9.17, 15) is 4.79 Å². The molecule has 3 aromatic rings. The highest BCUT2D eigenvalue weighted by atomic mass is 16.6. The molecule has 0 aliphatic heterocycles. The van der Waals surface area contributed by atoms with Gasteiger partial charge in [0.05, 0.1) is 5.52 Å². The number of rotatable bonds is 5. The molecule has 1 N–H and O–H groups in total. The maximum Gasteiger partial charge on any atom is 0.413 e. The van der Waals surface area contributed by atoms with Crippen LogP contribution in [0, 0.1) is 6.92 Å². The van der Waals surface area contributed by atoms with Gasteiger partial charge in [0.2, 0.25) is 0 Å². The number of carbonyl (C=O) groups is 1. The summed E-state index contributed by atoms with van der Waals surface area (Å²) in [6.45, 7) is 12.5. The molecule has 0 spiro atoms. The van der Waals surface area contributed by atoms with Gasteiger partial charge in [-0.2, -0.15) is 0 Å². The van der Waals surface area contributed by atoms with E-state index < -0.39 is 11.7 Å². The molecule has 0 atom stereocenters. The maximum absolute atomic E-state index is 12.2. The molecule has 0 bridgehead atoms. The number of hydrogen-bond donors (Lipinski definition) is 1. The molecule has 0 saturated carbocycles. The number of nitrogens with zero attached hydrogens (tertiary/aromatic N) is 4. The lowest BCUT2D eigenvalue weighted by Gasteiger charge is -2.20. The van der Waals surface area contributed by atoms with Gasteiger partial charge in [0.15, 0.2) is 0 Å². The van der Waals surface area contributed by atoms with Crippen molar-refractivity contribution >= 4 is 22.8 Å². The number of fused-ring (bicyclic) bond motifs is 1. The molecular formula is C25H33N5O2. The van der Waals surface area contributed by atoms with Crippen LogP contribution in [0.4, 0.5) is 10.6 Å². The molecule has 1 amide bonds. The molecular weight excluding hydrogens is 402 g/mol. The second-order valence-corrected chi connectivity index (χ2v) is 8.85. The maximum atomic E-state index is 12.2. The van der Waals surface area contributed by atoms with Crippen LogP contribution in [-0.2, 0) is 17.7 Å². The van der Waals surface area contributed by atoms with Crippen LogP contribution in [0.2, 0.25) is 0 Å². The first-order valence-corrected chi connectivity index (χ1v) is 11.1. The summed E-state index contributed by atoms with van der Waals surface area (Å²) in [4.78, 5) is 25.9. The van der Waals surface area contributed by atoms with Crippen LogP contribution in [0.1, 0.15) is 52.3 Å². The van der Waals surface area contributed by atoms with Crippen LogP contribution in [-0.4, -0.2) is 33.3 Å². The molecule has 0 radical (unpaired) electrons. The van der Waals surface area contributed by atoms with Crippen molar-refractivity contribution in [3.8, 4) is 11.1 Å². The number of anilines is 1. The standard InChI is InChI=1S/C25H33N5O2/c1-8-10-18-11-16(3)20(15-27-18)19-12-17-14-28-22(29-24(31)32-25(4,5)6)13-21(17)30(9-2)23(19)26-7/h11-15H,8-10H2,1-7H3,(H,28,29,31). The van der Waals surface area contributed by atoms with Crippen molar-refractivity contribution in [2.24, 2.45) is 4.99 Å². The van der Waals surface area contributed by atoms with E-state index in [-0.39, 0.29) is 0 Å². The van der Waals surface area contributed by atoms with Gasteiger partial charge in [-0.25, -0.2) is 9.78 Å². The molecule has 3 heterocycles. The molecule has 0 aliphatic carbocycles. The van der Waals surface area contributed by atoms with Crippen LogP contribution in [0.15, 0.2) is 35.6 Å². The number of aryl methyl sites for hydroxylation is 3. The number of amides is 1. The second kappa shape index (κ2) is 9.51. The fraction of sp³-hybridized carbons (Fsp3) is 0.440. The second-order valence-electron chi connectivity index (χ2n) is 8.85. The van der Waals surface area contributed by atoms with E-state index in [0.29, 0.717) is 12.4 Å². The molecule has 3 rings (SSSR count). The van der Waals surface area contributed by atoms with Gasteiger partial charge in [-0.3, -0.25) is 15.3 Å².